The van der Waals surface area contributed by atoms with Crippen molar-refractivity contribution < 1.29 is 23.1 Å². The van der Waals surface area contributed by atoms with Gasteiger partial charge in [-0.1, -0.05) is 0 Å². The number of amides is 1. The van der Waals surface area contributed by atoms with Gasteiger partial charge in [-0.25, -0.2) is 8.78 Å². The van der Waals surface area contributed by atoms with Gasteiger partial charge in [-0.15, -0.1) is 11.8 Å². The van der Waals surface area contributed by atoms with E-state index >= 15 is 0 Å². The van der Waals surface area contributed by atoms with Gasteiger partial charge in [-0.05, 0) is 19.9 Å². The SMILES string of the molecule is CCOC(=O)C(C)Sc1cc(NC(C)=O)c(F)cc1F. The Bertz CT molecular complexity index is 523. The number of benzene rings is 1. The summed E-state index contributed by atoms with van der Waals surface area (Å²) in [6.07, 6.45) is 0. The summed E-state index contributed by atoms with van der Waals surface area (Å²) in [5.74, 6) is -2.62. The number of esters is 1. The number of thioether (sulfide) groups is 1. The quantitative estimate of drug-likeness (QED) is 0.671. The lowest BCUT2D eigenvalue weighted by molar-refractivity contribution is -0.142. The summed E-state index contributed by atoms with van der Waals surface area (Å²) in [7, 11) is 0. The summed E-state index contributed by atoms with van der Waals surface area (Å²) < 4.78 is 31.9. The van der Waals surface area contributed by atoms with Crippen LogP contribution < -0.4 is 5.32 Å². The third-order valence-electron chi connectivity index (χ3n) is 2.25. The van der Waals surface area contributed by atoms with Crippen LogP contribution in [0, 0.1) is 11.6 Å². The van der Waals surface area contributed by atoms with Crippen LogP contribution in [0.1, 0.15) is 20.8 Å². The Morgan fingerprint density at radius 3 is 2.55 bits per heavy atom. The lowest BCUT2D eigenvalue weighted by Crippen LogP contribution is -2.17. The fourth-order valence-electron chi connectivity index (χ4n) is 1.40. The van der Waals surface area contributed by atoms with Crippen molar-refractivity contribution in [1.29, 1.82) is 0 Å². The Morgan fingerprint density at radius 1 is 1.35 bits per heavy atom. The predicted octanol–water partition coefficient (Wildman–Crippen LogP) is 2.97. The number of nitrogens with one attached hydrogen (secondary N) is 1. The van der Waals surface area contributed by atoms with E-state index in [1.54, 1.807) is 13.8 Å². The first kappa shape index (κ1) is 16.4. The van der Waals surface area contributed by atoms with Crippen molar-refractivity contribution in [3.63, 3.8) is 0 Å². The van der Waals surface area contributed by atoms with Crippen LogP contribution in [0.3, 0.4) is 0 Å². The van der Waals surface area contributed by atoms with Crippen molar-refractivity contribution in [3.05, 3.63) is 23.8 Å². The first-order chi connectivity index (χ1) is 9.35. The van der Waals surface area contributed by atoms with E-state index in [4.69, 9.17) is 4.74 Å². The molecule has 0 aliphatic carbocycles. The number of halogens is 2. The monoisotopic (exact) mass is 303 g/mol. The fourth-order valence-corrected chi connectivity index (χ4v) is 2.31. The molecule has 110 valence electrons. The van der Waals surface area contributed by atoms with E-state index in [0.717, 1.165) is 17.8 Å². The molecule has 0 spiro atoms. The molecule has 1 aromatic rings. The molecule has 1 aromatic carbocycles. The molecule has 0 saturated heterocycles. The molecule has 1 atom stereocenters. The molecule has 1 unspecified atom stereocenters. The molecule has 0 aliphatic rings. The second-order valence-corrected chi connectivity index (χ2v) is 5.34. The fraction of sp³-hybridized carbons (Fsp3) is 0.385. The number of carbonyl (C=O) groups is 2. The molecule has 0 aliphatic heterocycles. The van der Waals surface area contributed by atoms with Crippen LogP contribution in [0.2, 0.25) is 0 Å². The standard InChI is InChI=1S/C13H15F2NO3S/c1-4-19-13(18)7(2)20-12-6-11(16-8(3)17)9(14)5-10(12)15/h5-7H,4H2,1-3H3,(H,16,17). The van der Waals surface area contributed by atoms with Crippen LogP contribution in [-0.2, 0) is 14.3 Å². The zero-order valence-corrected chi connectivity index (χ0v) is 12.1. The van der Waals surface area contributed by atoms with Gasteiger partial charge in [0.25, 0.3) is 0 Å². The van der Waals surface area contributed by atoms with Crippen LogP contribution in [-0.4, -0.2) is 23.7 Å². The molecule has 0 saturated carbocycles. The van der Waals surface area contributed by atoms with Gasteiger partial charge in [-0.3, -0.25) is 9.59 Å². The van der Waals surface area contributed by atoms with Gasteiger partial charge in [-0.2, -0.15) is 0 Å². The molecule has 1 amide bonds. The maximum Gasteiger partial charge on any atom is 0.319 e. The van der Waals surface area contributed by atoms with Crippen LogP contribution in [0.4, 0.5) is 14.5 Å². The molecule has 20 heavy (non-hydrogen) atoms. The van der Waals surface area contributed by atoms with Gasteiger partial charge >= 0.3 is 5.97 Å². The Hall–Kier alpha value is -1.63. The molecular weight excluding hydrogens is 288 g/mol. The third-order valence-corrected chi connectivity index (χ3v) is 3.37. The Labute approximate surface area is 119 Å². The molecule has 7 heteroatoms. The number of ether oxygens (including phenoxy) is 1. The van der Waals surface area contributed by atoms with Crippen molar-refractivity contribution in [2.45, 2.75) is 30.9 Å². The molecule has 0 bridgehead atoms. The molecule has 1 N–H and O–H groups in total. The minimum absolute atomic E-state index is 0.0655. The van der Waals surface area contributed by atoms with Crippen LogP contribution in [0.5, 0.6) is 0 Å². The highest BCUT2D eigenvalue weighted by molar-refractivity contribution is 8.00. The predicted molar refractivity (Wildman–Crippen MR) is 72.6 cm³/mol. The summed E-state index contributed by atoms with van der Waals surface area (Å²) in [5.41, 5.74) is -0.127. The maximum atomic E-state index is 13.7. The van der Waals surface area contributed by atoms with E-state index in [-0.39, 0.29) is 17.2 Å². The second-order valence-electron chi connectivity index (χ2n) is 3.96. The largest absolute Gasteiger partial charge is 0.465 e. The average Bonchev–Trinajstić information content (AvgIpc) is 2.34. The van der Waals surface area contributed by atoms with E-state index in [9.17, 15) is 18.4 Å². The minimum atomic E-state index is -0.870. The van der Waals surface area contributed by atoms with Crippen molar-refractivity contribution in [1.82, 2.24) is 0 Å². The lowest BCUT2D eigenvalue weighted by atomic mass is 10.3. The van der Waals surface area contributed by atoms with E-state index < -0.39 is 28.8 Å². The average molecular weight is 303 g/mol. The van der Waals surface area contributed by atoms with Crippen LogP contribution in [0.25, 0.3) is 0 Å². The number of anilines is 1. The molecular formula is C13H15F2NO3S. The van der Waals surface area contributed by atoms with Crippen molar-refractivity contribution in [2.24, 2.45) is 0 Å². The summed E-state index contributed by atoms with van der Waals surface area (Å²) in [6.45, 7) is 4.68. The van der Waals surface area contributed by atoms with E-state index in [1.807, 2.05) is 0 Å². The molecule has 1 rings (SSSR count). The topological polar surface area (TPSA) is 55.4 Å². The Morgan fingerprint density at radius 2 is 2.00 bits per heavy atom. The van der Waals surface area contributed by atoms with E-state index in [1.165, 1.54) is 6.92 Å². The third kappa shape index (κ3) is 4.48. The highest BCUT2D eigenvalue weighted by Crippen LogP contribution is 2.30. The molecule has 0 radical (unpaired) electrons. The second kappa shape index (κ2) is 7.23. The van der Waals surface area contributed by atoms with Crippen molar-refractivity contribution >= 4 is 29.3 Å². The van der Waals surface area contributed by atoms with Gasteiger partial charge in [0.15, 0.2) is 0 Å². The van der Waals surface area contributed by atoms with E-state index in [2.05, 4.69) is 5.32 Å². The minimum Gasteiger partial charge on any atom is -0.465 e. The highest BCUT2D eigenvalue weighted by atomic mass is 32.2. The first-order valence-electron chi connectivity index (χ1n) is 5.95. The molecule has 0 heterocycles. The lowest BCUT2D eigenvalue weighted by Gasteiger charge is -2.12. The Kier molecular flexibility index (Phi) is 5.94. The number of hydrogen-bond donors (Lipinski definition) is 1. The summed E-state index contributed by atoms with van der Waals surface area (Å²) in [6, 6.07) is 1.83. The Balaban J connectivity index is 2.94. The van der Waals surface area contributed by atoms with Gasteiger partial charge < -0.3 is 10.1 Å². The smallest absolute Gasteiger partial charge is 0.319 e. The van der Waals surface area contributed by atoms with Crippen molar-refractivity contribution in [2.75, 3.05) is 11.9 Å². The summed E-state index contributed by atoms with van der Waals surface area (Å²) in [5, 5.41) is 1.62. The number of carbonyl (C=O) groups excluding carboxylic acids is 2. The summed E-state index contributed by atoms with van der Waals surface area (Å²) in [4.78, 5) is 22.5. The van der Waals surface area contributed by atoms with Gasteiger partial charge in [0.1, 0.15) is 16.9 Å². The molecule has 4 nitrogen and oxygen atoms in total. The van der Waals surface area contributed by atoms with Gasteiger partial charge in [0, 0.05) is 17.9 Å². The maximum absolute atomic E-state index is 13.7. The molecule has 0 fully saturated rings. The van der Waals surface area contributed by atoms with Crippen LogP contribution in [0.15, 0.2) is 17.0 Å². The zero-order chi connectivity index (χ0) is 15.3. The van der Waals surface area contributed by atoms with E-state index in [0.29, 0.717) is 6.07 Å². The molecule has 0 aromatic heterocycles. The normalized spacial score (nSPS) is 11.8. The van der Waals surface area contributed by atoms with Crippen LogP contribution >= 0.6 is 11.8 Å². The highest BCUT2D eigenvalue weighted by Gasteiger charge is 2.19. The van der Waals surface area contributed by atoms with Gasteiger partial charge in [0.05, 0.1) is 12.3 Å². The van der Waals surface area contributed by atoms with Crippen molar-refractivity contribution in [3.8, 4) is 0 Å². The first-order valence-corrected chi connectivity index (χ1v) is 6.83. The number of rotatable bonds is 5. The zero-order valence-electron chi connectivity index (χ0n) is 11.3. The number of hydrogen-bond acceptors (Lipinski definition) is 4. The van der Waals surface area contributed by atoms with Gasteiger partial charge in [0.2, 0.25) is 5.91 Å². The summed E-state index contributed by atoms with van der Waals surface area (Å²) >= 11 is 0.901.